The number of carbonyl (C=O) groups is 1. The minimum atomic E-state index is -0.465. The fraction of sp³-hybridized carbons (Fsp3) is 0.214. The number of ether oxygens (including phenoxy) is 2. The molecular formula is C14H14O5. The molecule has 0 saturated carbocycles. The molecule has 0 aliphatic carbocycles. The van der Waals surface area contributed by atoms with Gasteiger partial charge < -0.3 is 19.0 Å². The standard InChI is InChI=1S/C14H14O5/c1-3-18-11(15)5-4-9-8-10-6-7-19-13(10)14(17-2)12(9)16/h4-8,16H,3H2,1-2H3/b5-4+. The number of phenols is 1. The van der Waals surface area contributed by atoms with E-state index in [0.29, 0.717) is 17.8 Å². The number of rotatable bonds is 4. The number of benzene rings is 1. The Morgan fingerprint density at radius 1 is 1.53 bits per heavy atom. The van der Waals surface area contributed by atoms with Gasteiger partial charge in [0.15, 0.2) is 11.3 Å². The zero-order valence-corrected chi connectivity index (χ0v) is 10.7. The molecule has 0 amide bonds. The van der Waals surface area contributed by atoms with Crippen molar-refractivity contribution in [2.24, 2.45) is 0 Å². The maximum absolute atomic E-state index is 11.3. The first-order valence-corrected chi connectivity index (χ1v) is 5.79. The van der Waals surface area contributed by atoms with Crippen LogP contribution in [0.25, 0.3) is 17.0 Å². The number of hydrogen-bond acceptors (Lipinski definition) is 5. The van der Waals surface area contributed by atoms with Crippen LogP contribution in [0.5, 0.6) is 11.5 Å². The Hall–Kier alpha value is -2.43. The van der Waals surface area contributed by atoms with Gasteiger partial charge in [0.25, 0.3) is 0 Å². The summed E-state index contributed by atoms with van der Waals surface area (Å²) in [7, 11) is 1.44. The van der Waals surface area contributed by atoms with Gasteiger partial charge in [-0.25, -0.2) is 4.79 Å². The van der Waals surface area contributed by atoms with Gasteiger partial charge in [-0.1, -0.05) is 0 Å². The van der Waals surface area contributed by atoms with Crippen molar-refractivity contribution in [3.05, 3.63) is 30.0 Å². The molecule has 5 nitrogen and oxygen atoms in total. The molecule has 0 saturated heterocycles. The number of fused-ring (bicyclic) bond motifs is 1. The summed E-state index contributed by atoms with van der Waals surface area (Å²) in [4.78, 5) is 11.3. The molecule has 0 radical (unpaired) electrons. The predicted molar refractivity (Wildman–Crippen MR) is 70.1 cm³/mol. The Kier molecular flexibility index (Phi) is 3.75. The molecule has 1 heterocycles. The number of phenolic OH excluding ortho intramolecular Hbond substituents is 1. The maximum Gasteiger partial charge on any atom is 0.330 e. The first kappa shape index (κ1) is 13.0. The van der Waals surface area contributed by atoms with Crippen molar-refractivity contribution in [3.63, 3.8) is 0 Å². The van der Waals surface area contributed by atoms with Gasteiger partial charge in [-0.3, -0.25) is 0 Å². The van der Waals surface area contributed by atoms with Gasteiger partial charge in [0.2, 0.25) is 5.75 Å². The largest absolute Gasteiger partial charge is 0.504 e. The van der Waals surface area contributed by atoms with E-state index in [9.17, 15) is 9.90 Å². The zero-order chi connectivity index (χ0) is 13.8. The number of methoxy groups -OCH3 is 1. The average molecular weight is 262 g/mol. The molecule has 100 valence electrons. The Morgan fingerprint density at radius 2 is 2.32 bits per heavy atom. The van der Waals surface area contributed by atoms with E-state index >= 15 is 0 Å². The van der Waals surface area contributed by atoms with Crippen LogP contribution in [-0.2, 0) is 9.53 Å². The lowest BCUT2D eigenvalue weighted by Crippen LogP contribution is -1.98. The zero-order valence-electron chi connectivity index (χ0n) is 10.7. The lowest BCUT2D eigenvalue weighted by Gasteiger charge is -2.06. The molecule has 1 N–H and O–H groups in total. The smallest absolute Gasteiger partial charge is 0.330 e. The van der Waals surface area contributed by atoms with Gasteiger partial charge in [-0.05, 0) is 25.1 Å². The molecule has 1 aromatic heterocycles. The van der Waals surface area contributed by atoms with Gasteiger partial charge in [0, 0.05) is 17.0 Å². The average Bonchev–Trinajstić information content (AvgIpc) is 2.84. The molecule has 0 bridgehead atoms. The van der Waals surface area contributed by atoms with E-state index in [1.165, 1.54) is 25.5 Å². The number of carbonyl (C=O) groups excluding carboxylic acids is 1. The number of furan rings is 1. The van der Waals surface area contributed by atoms with Gasteiger partial charge >= 0.3 is 5.97 Å². The third kappa shape index (κ3) is 2.54. The Bertz CT molecular complexity index is 624. The summed E-state index contributed by atoms with van der Waals surface area (Å²) in [6.07, 6.45) is 4.23. The highest BCUT2D eigenvalue weighted by Crippen LogP contribution is 2.39. The summed E-state index contributed by atoms with van der Waals surface area (Å²) >= 11 is 0. The topological polar surface area (TPSA) is 68.9 Å². The quantitative estimate of drug-likeness (QED) is 0.677. The molecule has 0 aliphatic heterocycles. The lowest BCUT2D eigenvalue weighted by atomic mass is 10.1. The van der Waals surface area contributed by atoms with Crippen molar-refractivity contribution in [2.45, 2.75) is 6.92 Å². The third-order valence-corrected chi connectivity index (χ3v) is 2.59. The third-order valence-electron chi connectivity index (χ3n) is 2.59. The van der Waals surface area contributed by atoms with Gasteiger partial charge in [0.1, 0.15) is 0 Å². The van der Waals surface area contributed by atoms with Crippen LogP contribution in [0.3, 0.4) is 0 Å². The first-order valence-electron chi connectivity index (χ1n) is 5.79. The van der Waals surface area contributed by atoms with Crippen molar-refractivity contribution in [2.75, 3.05) is 13.7 Å². The highest BCUT2D eigenvalue weighted by molar-refractivity contribution is 5.93. The van der Waals surface area contributed by atoms with Gasteiger partial charge in [0.05, 0.1) is 20.0 Å². The summed E-state index contributed by atoms with van der Waals surface area (Å²) in [5.74, 6) is -0.301. The van der Waals surface area contributed by atoms with Crippen LogP contribution in [0.1, 0.15) is 12.5 Å². The summed E-state index contributed by atoms with van der Waals surface area (Å²) in [5, 5.41) is 10.8. The number of hydrogen-bond donors (Lipinski definition) is 1. The van der Waals surface area contributed by atoms with E-state index in [2.05, 4.69) is 0 Å². The van der Waals surface area contributed by atoms with E-state index in [0.717, 1.165) is 5.39 Å². The second-order valence-corrected chi connectivity index (χ2v) is 3.77. The van der Waals surface area contributed by atoms with Crippen LogP contribution in [0.2, 0.25) is 0 Å². The van der Waals surface area contributed by atoms with Crippen LogP contribution >= 0.6 is 0 Å². The maximum atomic E-state index is 11.3. The SMILES string of the molecule is CCOC(=O)/C=C/c1cc2ccoc2c(OC)c1O. The number of aromatic hydroxyl groups is 1. The second kappa shape index (κ2) is 5.48. The molecule has 1 aromatic carbocycles. The molecular weight excluding hydrogens is 248 g/mol. The minimum Gasteiger partial charge on any atom is -0.504 e. The monoisotopic (exact) mass is 262 g/mol. The van der Waals surface area contributed by atoms with Crippen LogP contribution in [0, 0.1) is 0 Å². The van der Waals surface area contributed by atoms with E-state index in [1.54, 1.807) is 19.1 Å². The Labute approximate surface area is 110 Å². The Morgan fingerprint density at radius 3 is 3.00 bits per heavy atom. The highest BCUT2D eigenvalue weighted by atomic mass is 16.5. The van der Waals surface area contributed by atoms with E-state index in [-0.39, 0.29) is 11.5 Å². The summed E-state index contributed by atoms with van der Waals surface area (Å²) in [6, 6.07) is 3.45. The highest BCUT2D eigenvalue weighted by Gasteiger charge is 2.14. The Balaban J connectivity index is 2.43. The van der Waals surface area contributed by atoms with Crippen molar-refractivity contribution in [1.29, 1.82) is 0 Å². The predicted octanol–water partition coefficient (Wildman–Crippen LogP) is 2.72. The molecule has 5 heteroatoms. The van der Waals surface area contributed by atoms with Crippen LogP contribution in [0.15, 0.2) is 28.9 Å². The molecule has 0 unspecified atom stereocenters. The summed E-state index contributed by atoms with van der Waals surface area (Å²) < 4.78 is 15.1. The van der Waals surface area contributed by atoms with Gasteiger partial charge in [-0.15, -0.1) is 0 Å². The molecule has 0 spiro atoms. The first-order chi connectivity index (χ1) is 9.17. The van der Waals surface area contributed by atoms with Crippen molar-refractivity contribution in [1.82, 2.24) is 0 Å². The lowest BCUT2D eigenvalue weighted by molar-refractivity contribution is -0.137. The molecule has 2 aromatic rings. The minimum absolute atomic E-state index is 0.0782. The molecule has 0 fully saturated rings. The number of esters is 1. The summed E-state index contributed by atoms with van der Waals surface area (Å²) in [6.45, 7) is 2.03. The van der Waals surface area contributed by atoms with E-state index in [1.807, 2.05) is 0 Å². The fourth-order valence-electron chi connectivity index (χ4n) is 1.76. The molecule has 2 rings (SSSR count). The second-order valence-electron chi connectivity index (χ2n) is 3.77. The normalized spacial score (nSPS) is 11.1. The van der Waals surface area contributed by atoms with Crippen LogP contribution < -0.4 is 4.74 Å². The molecule has 0 atom stereocenters. The van der Waals surface area contributed by atoms with Crippen molar-refractivity contribution in [3.8, 4) is 11.5 Å². The van der Waals surface area contributed by atoms with Crippen molar-refractivity contribution >= 4 is 23.0 Å². The van der Waals surface area contributed by atoms with Gasteiger partial charge in [-0.2, -0.15) is 0 Å². The molecule has 0 aliphatic rings. The van der Waals surface area contributed by atoms with Crippen molar-refractivity contribution < 1.29 is 23.8 Å². The van der Waals surface area contributed by atoms with Crippen LogP contribution in [0.4, 0.5) is 0 Å². The van der Waals surface area contributed by atoms with Crippen LogP contribution in [-0.4, -0.2) is 24.8 Å². The molecule has 19 heavy (non-hydrogen) atoms. The fourth-order valence-corrected chi connectivity index (χ4v) is 1.76. The summed E-state index contributed by atoms with van der Waals surface area (Å²) in [5.41, 5.74) is 0.923. The van der Waals surface area contributed by atoms with E-state index < -0.39 is 5.97 Å². The van der Waals surface area contributed by atoms with E-state index in [4.69, 9.17) is 13.9 Å².